The molecule has 0 unspecified atom stereocenters. The first-order valence-corrected chi connectivity index (χ1v) is 7.85. The van der Waals surface area contributed by atoms with Gasteiger partial charge in [0.25, 0.3) is 5.96 Å². The molecule has 0 saturated carbocycles. The van der Waals surface area contributed by atoms with Crippen molar-refractivity contribution in [1.29, 1.82) is 0 Å². The molecule has 122 valence electrons. The molecule has 0 fully saturated rings. The molecule has 0 bridgehead atoms. The van der Waals surface area contributed by atoms with E-state index in [0.717, 1.165) is 30.2 Å². The summed E-state index contributed by atoms with van der Waals surface area (Å²) in [5.41, 5.74) is 9.90. The van der Waals surface area contributed by atoms with E-state index >= 15 is 0 Å². The molecule has 0 aliphatic heterocycles. The summed E-state index contributed by atoms with van der Waals surface area (Å²) < 4.78 is 0. The Bertz CT molecular complexity index is 654. The van der Waals surface area contributed by atoms with Crippen LogP contribution in [0.15, 0.2) is 30.3 Å². The molecule has 0 amide bonds. The summed E-state index contributed by atoms with van der Waals surface area (Å²) in [4.78, 5) is 13.9. The predicted molar refractivity (Wildman–Crippen MR) is 94.9 cm³/mol. The number of nitrogens with two attached hydrogens (primary N) is 1. The molecule has 2 rings (SSSR count). The molecule has 6 nitrogen and oxygen atoms in total. The number of anilines is 2. The van der Waals surface area contributed by atoms with E-state index in [9.17, 15) is 0 Å². The summed E-state index contributed by atoms with van der Waals surface area (Å²) >= 11 is 0. The van der Waals surface area contributed by atoms with Crippen LogP contribution in [-0.4, -0.2) is 29.0 Å². The predicted octanol–water partition coefficient (Wildman–Crippen LogP) is 1.08. The lowest BCUT2D eigenvalue weighted by atomic mass is 10.2. The Morgan fingerprint density at radius 3 is 2.17 bits per heavy atom. The molecular formula is C17H25N6+. The molecule has 0 aliphatic carbocycles. The van der Waals surface area contributed by atoms with Crippen LogP contribution in [0.25, 0.3) is 0 Å². The standard InChI is InChI=1S/C17H24N6/c1-5-23(6-2)15-9-7-14(8-10-15)21-16(18)22-17-19-12(3)11-13(4)20-17/h7-11H,5-6H2,1-4H3,(H3,18,19,20,21,22)/p+1. The number of nitrogens with one attached hydrogen (secondary N) is 2. The van der Waals surface area contributed by atoms with Crippen molar-refractivity contribution in [3.05, 3.63) is 41.7 Å². The number of guanidine groups is 1. The van der Waals surface area contributed by atoms with E-state index in [-0.39, 0.29) is 0 Å². The highest BCUT2D eigenvalue weighted by molar-refractivity contribution is 5.88. The minimum Gasteiger partial charge on any atom is -0.372 e. The highest BCUT2D eigenvalue weighted by Gasteiger charge is 2.06. The van der Waals surface area contributed by atoms with Crippen LogP contribution in [0.5, 0.6) is 0 Å². The van der Waals surface area contributed by atoms with Gasteiger partial charge in [-0.2, -0.15) is 0 Å². The summed E-state index contributed by atoms with van der Waals surface area (Å²) in [5.74, 6) is 0.887. The molecule has 2 aromatic rings. The van der Waals surface area contributed by atoms with Crippen LogP contribution >= 0.6 is 0 Å². The van der Waals surface area contributed by atoms with Crippen LogP contribution in [0.1, 0.15) is 25.2 Å². The molecule has 4 N–H and O–H groups in total. The minimum atomic E-state index is 0.394. The quantitative estimate of drug-likeness (QED) is 0.568. The van der Waals surface area contributed by atoms with Crippen molar-refractivity contribution >= 4 is 23.3 Å². The Balaban J connectivity index is 2.10. The van der Waals surface area contributed by atoms with Gasteiger partial charge in [-0.15, -0.1) is 9.97 Å². The van der Waals surface area contributed by atoms with Crippen LogP contribution in [0.4, 0.5) is 17.3 Å². The smallest absolute Gasteiger partial charge is 0.354 e. The third-order valence-electron chi connectivity index (χ3n) is 3.50. The van der Waals surface area contributed by atoms with Gasteiger partial charge in [0, 0.05) is 24.8 Å². The highest BCUT2D eigenvalue weighted by atomic mass is 15.2. The molecular weight excluding hydrogens is 288 g/mol. The molecule has 23 heavy (non-hydrogen) atoms. The fraction of sp³-hybridized carbons (Fsp3) is 0.353. The van der Waals surface area contributed by atoms with Crippen LogP contribution in [0.3, 0.4) is 0 Å². The molecule has 0 spiro atoms. The second-order valence-corrected chi connectivity index (χ2v) is 5.36. The van der Waals surface area contributed by atoms with Crippen LogP contribution in [-0.2, 0) is 0 Å². The van der Waals surface area contributed by atoms with Gasteiger partial charge >= 0.3 is 5.95 Å². The van der Waals surface area contributed by atoms with Gasteiger partial charge in [-0.25, -0.2) is 4.99 Å². The van der Waals surface area contributed by atoms with Crippen molar-refractivity contribution in [3.63, 3.8) is 0 Å². The van der Waals surface area contributed by atoms with Crippen molar-refractivity contribution in [2.24, 2.45) is 5.73 Å². The third-order valence-corrected chi connectivity index (χ3v) is 3.50. The van der Waals surface area contributed by atoms with Gasteiger partial charge in [0.15, 0.2) is 0 Å². The maximum atomic E-state index is 5.99. The Kier molecular flexibility index (Phi) is 5.51. The van der Waals surface area contributed by atoms with E-state index in [1.807, 2.05) is 32.0 Å². The second kappa shape index (κ2) is 7.58. The number of hydrogen-bond acceptors (Lipinski definition) is 3. The first-order chi connectivity index (χ1) is 11.0. The summed E-state index contributed by atoms with van der Waals surface area (Å²) in [7, 11) is 0. The van der Waals surface area contributed by atoms with Crippen molar-refractivity contribution in [2.45, 2.75) is 27.7 Å². The number of nitrogens with zero attached hydrogens (tertiary/aromatic N) is 3. The molecule has 1 aromatic heterocycles. The number of rotatable bonds is 5. The van der Waals surface area contributed by atoms with Gasteiger partial charge in [-0.05, 0) is 52.0 Å². The lowest BCUT2D eigenvalue weighted by Gasteiger charge is -2.20. The first kappa shape index (κ1) is 16.7. The van der Waals surface area contributed by atoms with Gasteiger partial charge in [0.2, 0.25) is 0 Å². The second-order valence-electron chi connectivity index (χ2n) is 5.36. The largest absolute Gasteiger partial charge is 0.372 e. The average molecular weight is 313 g/mol. The van der Waals surface area contributed by atoms with Crippen molar-refractivity contribution in [2.75, 3.05) is 23.3 Å². The fourth-order valence-electron chi connectivity index (χ4n) is 2.43. The van der Waals surface area contributed by atoms with Crippen LogP contribution in [0.2, 0.25) is 0 Å². The molecule has 0 saturated heterocycles. The SMILES string of the molecule is CCN(CC)c1ccc(NC(N)=[NH+]c2nc(C)cc(C)n2)cc1. The minimum absolute atomic E-state index is 0.394. The van der Waals surface area contributed by atoms with E-state index in [2.05, 4.69) is 51.2 Å². The zero-order valence-corrected chi connectivity index (χ0v) is 14.2. The fourth-order valence-corrected chi connectivity index (χ4v) is 2.43. The van der Waals surface area contributed by atoms with Crippen molar-refractivity contribution < 1.29 is 4.99 Å². The van der Waals surface area contributed by atoms with E-state index in [1.165, 1.54) is 5.69 Å². The number of hydrogen-bond donors (Lipinski definition) is 3. The summed E-state index contributed by atoms with van der Waals surface area (Å²) in [5, 5.41) is 3.12. The van der Waals surface area contributed by atoms with Gasteiger partial charge in [0.1, 0.15) is 0 Å². The summed E-state index contributed by atoms with van der Waals surface area (Å²) in [6.07, 6.45) is 0. The number of aromatic nitrogens is 2. The Labute approximate surface area is 137 Å². The third kappa shape index (κ3) is 4.67. The Morgan fingerprint density at radius 1 is 1.09 bits per heavy atom. The zero-order chi connectivity index (χ0) is 16.8. The molecule has 0 atom stereocenters. The molecule has 0 aliphatic rings. The topological polar surface area (TPSA) is 81.0 Å². The van der Waals surface area contributed by atoms with Gasteiger partial charge in [-0.1, -0.05) is 0 Å². The Morgan fingerprint density at radius 2 is 1.65 bits per heavy atom. The molecule has 1 heterocycles. The molecule has 6 heteroatoms. The van der Waals surface area contributed by atoms with Gasteiger partial charge in [0.05, 0.1) is 17.1 Å². The number of aryl methyl sites for hydroxylation is 2. The maximum absolute atomic E-state index is 5.99. The van der Waals surface area contributed by atoms with Crippen molar-refractivity contribution in [1.82, 2.24) is 9.97 Å². The zero-order valence-electron chi connectivity index (χ0n) is 14.2. The van der Waals surface area contributed by atoms with E-state index in [1.54, 1.807) is 0 Å². The number of benzene rings is 1. The van der Waals surface area contributed by atoms with E-state index < -0.39 is 0 Å². The normalized spacial score (nSPS) is 11.4. The van der Waals surface area contributed by atoms with Gasteiger partial charge in [-0.3, -0.25) is 5.32 Å². The summed E-state index contributed by atoms with van der Waals surface area (Å²) in [6.45, 7) is 10.1. The van der Waals surface area contributed by atoms with Crippen LogP contribution < -0.4 is 20.9 Å². The Hall–Kier alpha value is -2.63. The lowest BCUT2D eigenvalue weighted by molar-refractivity contribution is -0.365. The van der Waals surface area contributed by atoms with E-state index in [0.29, 0.717) is 11.9 Å². The summed E-state index contributed by atoms with van der Waals surface area (Å²) in [6, 6.07) is 10.1. The molecule has 0 radical (unpaired) electrons. The molecule has 1 aromatic carbocycles. The highest BCUT2D eigenvalue weighted by Crippen LogP contribution is 2.17. The average Bonchev–Trinajstić information content (AvgIpc) is 2.49. The lowest BCUT2D eigenvalue weighted by Crippen LogP contribution is -2.72. The maximum Gasteiger partial charge on any atom is 0.354 e. The van der Waals surface area contributed by atoms with Gasteiger partial charge < -0.3 is 10.6 Å². The first-order valence-electron chi connectivity index (χ1n) is 7.85. The monoisotopic (exact) mass is 313 g/mol. The van der Waals surface area contributed by atoms with Crippen molar-refractivity contribution in [3.8, 4) is 0 Å². The van der Waals surface area contributed by atoms with Crippen LogP contribution in [0, 0.1) is 13.8 Å². The van der Waals surface area contributed by atoms with E-state index in [4.69, 9.17) is 5.73 Å².